The van der Waals surface area contributed by atoms with E-state index in [9.17, 15) is 18.0 Å². The molecule has 0 saturated heterocycles. The molecule has 1 fully saturated rings. The number of nitrogens with zero attached hydrogens (tertiary/aromatic N) is 3. The second-order valence-electron chi connectivity index (χ2n) is 9.43. The Morgan fingerprint density at radius 1 is 1.11 bits per heavy atom. The lowest BCUT2D eigenvalue weighted by Gasteiger charge is -2.29. The molecule has 38 heavy (non-hydrogen) atoms. The van der Waals surface area contributed by atoms with Crippen LogP contribution >= 0.6 is 28.3 Å². The lowest BCUT2D eigenvalue weighted by Crippen LogP contribution is -2.35. The Labute approximate surface area is 234 Å². The molecule has 0 unspecified atom stereocenters. The first-order valence-electron chi connectivity index (χ1n) is 12.1. The summed E-state index contributed by atoms with van der Waals surface area (Å²) in [6.07, 6.45) is -1.39. The van der Waals surface area contributed by atoms with Gasteiger partial charge in [0.05, 0.1) is 11.9 Å². The van der Waals surface area contributed by atoms with Crippen LogP contribution in [0.2, 0.25) is 0 Å². The molecule has 0 atom stereocenters. The molecule has 0 spiro atoms. The van der Waals surface area contributed by atoms with Crippen LogP contribution in [0.1, 0.15) is 31.2 Å². The molecule has 1 saturated carbocycles. The van der Waals surface area contributed by atoms with Crippen LogP contribution in [0.5, 0.6) is 5.75 Å². The molecular weight excluding hydrogens is 587 g/mol. The molecule has 4 rings (SSSR count). The summed E-state index contributed by atoms with van der Waals surface area (Å²) in [6, 6.07) is 12.4. The molecule has 12 heteroatoms. The van der Waals surface area contributed by atoms with Gasteiger partial charge >= 0.3 is 6.36 Å². The molecule has 0 radical (unpaired) electrons. The number of anilines is 2. The summed E-state index contributed by atoms with van der Waals surface area (Å²) < 4.78 is 42.7. The molecule has 206 valence electrons. The van der Waals surface area contributed by atoms with E-state index < -0.39 is 6.36 Å². The smallest absolute Gasteiger partial charge is 0.405 e. The van der Waals surface area contributed by atoms with Crippen molar-refractivity contribution in [1.29, 1.82) is 0 Å². The maximum Gasteiger partial charge on any atom is 0.573 e. The molecule has 3 aromatic rings. The number of carbonyl (C=O) groups is 1. The molecule has 2 aromatic carbocycles. The lowest BCUT2D eigenvalue weighted by atomic mass is 9.86. The predicted molar refractivity (Wildman–Crippen MR) is 148 cm³/mol. The summed E-state index contributed by atoms with van der Waals surface area (Å²) in [7, 11) is 3.91. The number of halogens is 5. The van der Waals surface area contributed by atoms with Crippen LogP contribution in [0, 0.1) is 5.92 Å². The summed E-state index contributed by atoms with van der Waals surface area (Å²) in [5.74, 6) is 1.05. The van der Waals surface area contributed by atoms with Gasteiger partial charge in [-0.1, -0.05) is 34.1 Å². The molecule has 1 amide bonds. The van der Waals surface area contributed by atoms with Crippen molar-refractivity contribution in [2.24, 2.45) is 5.92 Å². The number of fused-ring (bicyclic) bond motifs is 1. The van der Waals surface area contributed by atoms with Crippen molar-refractivity contribution < 1.29 is 22.7 Å². The Morgan fingerprint density at radius 3 is 2.50 bits per heavy atom. The van der Waals surface area contributed by atoms with Gasteiger partial charge in [-0.15, -0.1) is 25.6 Å². The van der Waals surface area contributed by atoms with Gasteiger partial charge in [-0.25, -0.2) is 4.98 Å². The van der Waals surface area contributed by atoms with Crippen LogP contribution in [-0.4, -0.2) is 48.9 Å². The average Bonchev–Trinajstić information content (AvgIpc) is 2.84. The molecule has 1 heterocycles. The van der Waals surface area contributed by atoms with Crippen LogP contribution in [-0.2, 0) is 11.2 Å². The number of aromatic nitrogens is 2. The minimum atomic E-state index is -4.83. The van der Waals surface area contributed by atoms with Crippen molar-refractivity contribution >= 4 is 56.9 Å². The van der Waals surface area contributed by atoms with Crippen LogP contribution in [0.3, 0.4) is 0 Å². The third-order valence-corrected chi connectivity index (χ3v) is 6.87. The summed E-state index contributed by atoms with van der Waals surface area (Å²) in [5.41, 5.74) is 1.06. The highest BCUT2D eigenvalue weighted by Crippen LogP contribution is 2.31. The van der Waals surface area contributed by atoms with Crippen LogP contribution in [0.25, 0.3) is 10.9 Å². The third kappa shape index (κ3) is 8.10. The van der Waals surface area contributed by atoms with Crippen molar-refractivity contribution in [1.82, 2.24) is 15.3 Å². The number of nitrogens with one attached hydrogen (secondary N) is 2. The highest BCUT2D eigenvalue weighted by Gasteiger charge is 2.32. The fourth-order valence-corrected chi connectivity index (χ4v) is 4.89. The zero-order valence-electron chi connectivity index (χ0n) is 21.0. The first-order valence-corrected chi connectivity index (χ1v) is 12.9. The second-order valence-corrected chi connectivity index (χ2v) is 10.3. The number of rotatable bonds is 8. The van der Waals surface area contributed by atoms with E-state index >= 15 is 0 Å². The number of ether oxygens (including phenoxy) is 1. The number of hydrogen-bond donors (Lipinski definition) is 2. The summed E-state index contributed by atoms with van der Waals surface area (Å²) >= 11 is 3.14. The van der Waals surface area contributed by atoms with Crippen molar-refractivity contribution in [2.75, 3.05) is 30.9 Å². The van der Waals surface area contributed by atoms with Gasteiger partial charge in [0, 0.05) is 42.1 Å². The molecular formula is C26H30BrClF3N5O2. The van der Waals surface area contributed by atoms with Gasteiger partial charge in [-0.05, 0) is 55.9 Å². The minimum absolute atomic E-state index is 0. The Kier molecular flexibility index (Phi) is 10.1. The van der Waals surface area contributed by atoms with Gasteiger partial charge in [0.25, 0.3) is 0 Å². The topological polar surface area (TPSA) is 79.4 Å². The van der Waals surface area contributed by atoms with Gasteiger partial charge in [0.15, 0.2) is 0 Å². The zero-order valence-corrected chi connectivity index (χ0v) is 23.4. The Balaban J connectivity index is 0.00000400. The van der Waals surface area contributed by atoms with Crippen molar-refractivity contribution in [2.45, 2.75) is 44.5 Å². The molecule has 7 nitrogen and oxygen atoms in total. The molecule has 0 bridgehead atoms. The lowest BCUT2D eigenvalue weighted by molar-refractivity contribution is -0.274. The fourth-order valence-electron chi connectivity index (χ4n) is 4.55. The Morgan fingerprint density at radius 2 is 1.82 bits per heavy atom. The second kappa shape index (κ2) is 12.8. The monoisotopic (exact) mass is 615 g/mol. The molecule has 0 aliphatic heterocycles. The predicted octanol–water partition coefficient (Wildman–Crippen LogP) is 6.11. The van der Waals surface area contributed by atoms with Gasteiger partial charge in [0.2, 0.25) is 11.9 Å². The SMILES string of the molecule is CN(C)c1nc(N[C@H]2CC[C@@H](CNC(=O)Cc3ccc(Br)cc3OC(F)(F)F)CC2)nc2ccccc12.Cl. The van der Waals surface area contributed by atoms with Crippen molar-refractivity contribution in [3.05, 3.63) is 52.5 Å². The summed E-state index contributed by atoms with van der Waals surface area (Å²) in [4.78, 5) is 23.8. The normalized spacial score (nSPS) is 17.4. The quantitative estimate of drug-likeness (QED) is 0.318. The van der Waals surface area contributed by atoms with Crippen LogP contribution < -0.4 is 20.3 Å². The van der Waals surface area contributed by atoms with E-state index in [1.807, 2.05) is 43.3 Å². The Hall–Kier alpha value is -2.79. The van der Waals surface area contributed by atoms with E-state index in [0.29, 0.717) is 22.9 Å². The number of carbonyl (C=O) groups excluding carboxylic acids is 1. The van der Waals surface area contributed by atoms with E-state index in [0.717, 1.165) is 42.4 Å². The maximum absolute atomic E-state index is 12.7. The van der Waals surface area contributed by atoms with Crippen LogP contribution in [0.4, 0.5) is 24.9 Å². The summed E-state index contributed by atoms with van der Waals surface area (Å²) in [6.45, 7) is 0.481. The number of alkyl halides is 3. The number of amides is 1. The number of benzene rings is 2. The number of hydrogen-bond acceptors (Lipinski definition) is 6. The Bertz CT molecular complexity index is 1250. The highest BCUT2D eigenvalue weighted by atomic mass is 79.9. The van der Waals surface area contributed by atoms with E-state index in [2.05, 4.69) is 36.3 Å². The highest BCUT2D eigenvalue weighted by molar-refractivity contribution is 9.10. The molecule has 1 aliphatic rings. The van der Waals surface area contributed by atoms with E-state index in [-0.39, 0.29) is 42.1 Å². The molecule has 2 N–H and O–H groups in total. The van der Waals surface area contributed by atoms with E-state index in [1.54, 1.807) is 6.07 Å². The van der Waals surface area contributed by atoms with Crippen molar-refractivity contribution in [3.8, 4) is 5.75 Å². The van der Waals surface area contributed by atoms with Gasteiger partial charge in [-0.3, -0.25) is 4.79 Å². The fraction of sp³-hybridized carbons (Fsp3) is 0.423. The third-order valence-electron chi connectivity index (χ3n) is 6.38. The maximum atomic E-state index is 12.7. The molecule has 1 aromatic heterocycles. The molecule has 1 aliphatic carbocycles. The van der Waals surface area contributed by atoms with Gasteiger partial charge < -0.3 is 20.3 Å². The van der Waals surface area contributed by atoms with E-state index in [1.165, 1.54) is 12.1 Å². The largest absolute Gasteiger partial charge is 0.573 e. The standard InChI is InChI=1S/C26H29BrF3N5O2.ClH/c1-35(2)24-20-5-3-4-6-21(20)33-25(34-24)32-19-11-7-16(8-12-19)15-31-23(36)13-17-9-10-18(27)14-22(17)37-26(28,29)30;/h3-6,9-10,14,16,19H,7-8,11-13,15H2,1-2H3,(H,31,36)(H,32,33,34);1H/t16-,19+;. The first kappa shape index (κ1) is 29.8. The van der Waals surface area contributed by atoms with Gasteiger partial charge in [0.1, 0.15) is 11.6 Å². The zero-order chi connectivity index (χ0) is 26.6. The van der Waals surface area contributed by atoms with Crippen molar-refractivity contribution in [3.63, 3.8) is 0 Å². The number of para-hydroxylation sites is 1. The van der Waals surface area contributed by atoms with Crippen LogP contribution in [0.15, 0.2) is 46.9 Å². The minimum Gasteiger partial charge on any atom is -0.405 e. The average molecular weight is 617 g/mol. The van der Waals surface area contributed by atoms with Gasteiger partial charge in [-0.2, -0.15) is 4.98 Å². The van der Waals surface area contributed by atoms with E-state index in [4.69, 9.17) is 4.98 Å². The first-order chi connectivity index (χ1) is 17.6. The summed E-state index contributed by atoms with van der Waals surface area (Å²) in [5, 5.41) is 7.34.